The Morgan fingerprint density at radius 3 is 2.79 bits per heavy atom. The lowest BCUT2D eigenvalue weighted by atomic mass is 10.1. The summed E-state index contributed by atoms with van der Waals surface area (Å²) in [5.74, 6) is 0. The van der Waals surface area contributed by atoms with Gasteiger partial charge in [-0.2, -0.15) is 0 Å². The lowest BCUT2D eigenvalue weighted by Gasteiger charge is -2.14. The topological polar surface area (TPSA) is 58.4 Å². The van der Waals surface area contributed by atoms with E-state index in [2.05, 4.69) is 10.2 Å². The number of anilines is 1. The zero-order valence-corrected chi connectivity index (χ0v) is 11.4. The monoisotopic (exact) mass is 263 g/mol. The van der Waals surface area contributed by atoms with Crippen LogP contribution in [-0.4, -0.2) is 36.0 Å². The minimum absolute atomic E-state index is 0.198. The zero-order valence-electron chi connectivity index (χ0n) is 11.4. The van der Waals surface area contributed by atoms with Gasteiger partial charge in [-0.05, 0) is 51.9 Å². The van der Waals surface area contributed by atoms with E-state index in [0.717, 1.165) is 19.5 Å². The molecule has 0 bridgehead atoms. The molecule has 0 atom stereocenters. The standard InChI is InChI=1S/C14H21N3O2/c1-12-6-4-7-13(14(12)17(18)19)15-8-5-11-16-9-2-3-10-16/h4,6-7,15H,2-3,5,8-11H2,1H3. The van der Waals surface area contributed by atoms with Gasteiger partial charge in [0.1, 0.15) is 5.69 Å². The van der Waals surface area contributed by atoms with Crippen molar-refractivity contribution in [2.24, 2.45) is 0 Å². The predicted molar refractivity (Wildman–Crippen MR) is 76.6 cm³/mol. The Bertz CT molecular complexity index is 442. The molecule has 0 spiro atoms. The number of likely N-dealkylation sites (tertiary alicyclic amines) is 1. The molecule has 0 saturated carbocycles. The van der Waals surface area contributed by atoms with Crippen LogP contribution in [0.15, 0.2) is 18.2 Å². The fourth-order valence-corrected chi connectivity index (χ4v) is 2.58. The van der Waals surface area contributed by atoms with E-state index in [1.165, 1.54) is 25.9 Å². The number of hydrogen-bond donors (Lipinski definition) is 1. The van der Waals surface area contributed by atoms with Crippen LogP contribution in [0.25, 0.3) is 0 Å². The van der Waals surface area contributed by atoms with E-state index in [1.807, 2.05) is 6.07 Å². The fourth-order valence-electron chi connectivity index (χ4n) is 2.58. The van der Waals surface area contributed by atoms with Crippen molar-refractivity contribution in [3.63, 3.8) is 0 Å². The normalized spacial score (nSPS) is 15.6. The molecule has 1 N–H and O–H groups in total. The average Bonchev–Trinajstić information content (AvgIpc) is 2.87. The molecule has 0 aliphatic carbocycles. The molecule has 1 aliphatic heterocycles. The van der Waals surface area contributed by atoms with Crippen molar-refractivity contribution in [1.82, 2.24) is 4.90 Å². The maximum absolute atomic E-state index is 11.0. The van der Waals surface area contributed by atoms with E-state index in [-0.39, 0.29) is 10.6 Å². The number of hydrogen-bond acceptors (Lipinski definition) is 4. The first-order chi connectivity index (χ1) is 9.18. The van der Waals surface area contributed by atoms with Gasteiger partial charge in [-0.15, -0.1) is 0 Å². The molecule has 5 heteroatoms. The van der Waals surface area contributed by atoms with Crippen molar-refractivity contribution >= 4 is 11.4 Å². The van der Waals surface area contributed by atoms with Crippen molar-refractivity contribution in [3.8, 4) is 0 Å². The summed E-state index contributed by atoms with van der Waals surface area (Å²) in [6.45, 7) is 6.02. The van der Waals surface area contributed by atoms with Gasteiger partial charge in [-0.25, -0.2) is 0 Å². The molecule has 0 aromatic heterocycles. The molecule has 19 heavy (non-hydrogen) atoms. The summed E-state index contributed by atoms with van der Waals surface area (Å²) >= 11 is 0. The molecule has 0 radical (unpaired) electrons. The quantitative estimate of drug-likeness (QED) is 0.487. The first kappa shape index (κ1) is 13.8. The second-order valence-corrected chi connectivity index (χ2v) is 5.06. The van der Waals surface area contributed by atoms with Crippen LogP contribution in [-0.2, 0) is 0 Å². The minimum Gasteiger partial charge on any atom is -0.379 e. The molecule has 0 amide bonds. The molecule has 1 aromatic carbocycles. The van der Waals surface area contributed by atoms with Gasteiger partial charge in [0.05, 0.1) is 4.92 Å². The fraction of sp³-hybridized carbons (Fsp3) is 0.571. The van der Waals surface area contributed by atoms with Crippen LogP contribution in [0.2, 0.25) is 0 Å². The summed E-state index contributed by atoms with van der Waals surface area (Å²) in [5, 5.41) is 14.2. The van der Waals surface area contributed by atoms with Gasteiger partial charge in [0.2, 0.25) is 0 Å². The smallest absolute Gasteiger partial charge is 0.295 e. The number of rotatable bonds is 6. The van der Waals surface area contributed by atoms with E-state index in [9.17, 15) is 10.1 Å². The highest BCUT2D eigenvalue weighted by Crippen LogP contribution is 2.27. The summed E-state index contributed by atoms with van der Waals surface area (Å²) in [5.41, 5.74) is 1.53. The van der Waals surface area contributed by atoms with Crippen LogP contribution in [0.3, 0.4) is 0 Å². The van der Waals surface area contributed by atoms with E-state index >= 15 is 0 Å². The lowest BCUT2D eigenvalue weighted by molar-refractivity contribution is -0.384. The Morgan fingerprint density at radius 1 is 1.37 bits per heavy atom. The molecule has 0 unspecified atom stereocenters. The molecule has 1 heterocycles. The van der Waals surface area contributed by atoms with Crippen LogP contribution < -0.4 is 5.32 Å². The highest BCUT2D eigenvalue weighted by Gasteiger charge is 2.16. The van der Waals surface area contributed by atoms with Crippen molar-refractivity contribution < 1.29 is 4.92 Å². The predicted octanol–water partition coefficient (Wildman–Crippen LogP) is 2.80. The molecule has 104 valence electrons. The molecule has 2 rings (SSSR count). The number of para-hydroxylation sites is 1. The number of nitro groups is 1. The number of benzene rings is 1. The Balaban J connectivity index is 1.85. The van der Waals surface area contributed by atoms with Crippen molar-refractivity contribution in [2.45, 2.75) is 26.2 Å². The third kappa shape index (κ3) is 3.67. The molecular formula is C14H21N3O2. The Kier molecular flexibility index (Phi) is 4.74. The summed E-state index contributed by atoms with van der Waals surface area (Å²) < 4.78 is 0. The zero-order chi connectivity index (χ0) is 13.7. The van der Waals surface area contributed by atoms with Crippen LogP contribution >= 0.6 is 0 Å². The highest BCUT2D eigenvalue weighted by molar-refractivity contribution is 5.64. The molecule has 1 aliphatic rings. The van der Waals surface area contributed by atoms with Crippen LogP contribution in [0, 0.1) is 17.0 Å². The second kappa shape index (κ2) is 6.52. The van der Waals surface area contributed by atoms with Crippen LogP contribution in [0.4, 0.5) is 11.4 Å². The average molecular weight is 263 g/mol. The second-order valence-electron chi connectivity index (χ2n) is 5.06. The van der Waals surface area contributed by atoms with Crippen molar-refractivity contribution in [3.05, 3.63) is 33.9 Å². The van der Waals surface area contributed by atoms with Gasteiger partial charge in [0.15, 0.2) is 0 Å². The van der Waals surface area contributed by atoms with E-state index < -0.39 is 0 Å². The van der Waals surface area contributed by atoms with Crippen LogP contribution in [0.5, 0.6) is 0 Å². The largest absolute Gasteiger partial charge is 0.379 e. The Labute approximate surface area is 113 Å². The molecule has 1 saturated heterocycles. The summed E-state index contributed by atoms with van der Waals surface area (Å²) in [6.07, 6.45) is 3.62. The SMILES string of the molecule is Cc1cccc(NCCCN2CCCC2)c1[N+](=O)[O-]. The van der Waals surface area contributed by atoms with Gasteiger partial charge in [0.25, 0.3) is 5.69 Å². The number of nitro benzene ring substituents is 1. The first-order valence-electron chi connectivity index (χ1n) is 6.89. The van der Waals surface area contributed by atoms with E-state index in [4.69, 9.17) is 0 Å². The summed E-state index contributed by atoms with van der Waals surface area (Å²) in [7, 11) is 0. The third-order valence-corrected chi connectivity index (χ3v) is 3.59. The van der Waals surface area contributed by atoms with Crippen molar-refractivity contribution in [1.29, 1.82) is 0 Å². The molecule has 1 fully saturated rings. The van der Waals surface area contributed by atoms with Crippen LogP contribution in [0.1, 0.15) is 24.8 Å². The number of aryl methyl sites for hydroxylation is 1. The highest BCUT2D eigenvalue weighted by atomic mass is 16.6. The maximum Gasteiger partial charge on any atom is 0.295 e. The Morgan fingerprint density at radius 2 is 2.11 bits per heavy atom. The van der Waals surface area contributed by atoms with Crippen molar-refractivity contribution in [2.75, 3.05) is 31.5 Å². The lowest BCUT2D eigenvalue weighted by Crippen LogP contribution is -2.22. The molecule has 5 nitrogen and oxygen atoms in total. The number of nitrogens with one attached hydrogen (secondary N) is 1. The molecular weight excluding hydrogens is 242 g/mol. The molecule has 1 aromatic rings. The maximum atomic E-state index is 11.0. The Hall–Kier alpha value is -1.62. The summed E-state index contributed by atoms with van der Waals surface area (Å²) in [6, 6.07) is 5.40. The van der Waals surface area contributed by atoms with Gasteiger partial charge in [0, 0.05) is 12.1 Å². The van der Waals surface area contributed by atoms with Gasteiger partial charge < -0.3 is 10.2 Å². The minimum atomic E-state index is -0.307. The summed E-state index contributed by atoms with van der Waals surface area (Å²) in [4.78, 5) is 13.2. The van der Waals surface area contributed by atoms with E-state index in [0.29, 0.717) is 11.3 Å². The van der Waals surface area contributed by atoms with Gasteiger partial charge in [-0.3, -0.25) is 10.1 Å². The van der Waals surface area contributed by atoms with E-state index in [1.54, 1.807) is 19.1 Å². The third-order valence-electron chi connectivity index (χ3n) is 3.59. The van der Waals surface area contributed by atoms with Gasteiger partial charge in [-0.1, -0.05) is 12.1 Å². The number of nitrogens with zero attached hydrogens (tertiary/aromatic N) is 2. The first-order valence-corrected chi connectivity index (χ1v) is 6.89. The van der Waals surface area contributed by atoms with Gasteiger partial charge >= 0.3 is 0 Å².